The van der Waals surface area contributed by atoms with E-state index in [0.717, 1.165) is 30.4 Å². The Morgan fingerprint density at radius 2 is 2.35 bits per heavy atom. The Morgan fingerprint density at radius 1 is 1.60 bits per heavy atom. The van der Waals surface area contributed by atoms with Crippen molar-refractivity contribution in [1.29, 1.82) is 0 Å². The molecule has 2 unspecified atom stereocenters. The molecule has 1 aromatic carbocycles. The number of hydrogen-bond acceptors (Lipinski definition) is 2. The first-order chi connectivity index (χ1) is 9.52. The molecule has 0 radical (unpaired) electrons. The molecule has 2 rings (SSSR count). The molecule has 2 amide bonds. The van der Waals surface area contributed by atoms with Crippen molar-refractivity contribution in [2.75, 3.05) is 13.7 Å². The monoisotopic (exact) mass is 280 g/mol. The quantitative estimate of drug-likeness (QED) is 0.892. The number of benzene rings is 1. The second-order valence-electron chi connectivity index (χ2n) is 5.38. The second-order valence-corrected chi connectivity index (χ2v) is 5.38. The van der Waals surface area contributed by atoms with Crippen molar-refractivity contribution >= 4 is 6.03 Å². The average molecular weight is 280 g/mol. The average Bonchev–Trinajstić information content (AvgIpc) is 2.46. The van der Waals surface area contributed by atoms with Gasteiger partial charge >= 0.3 is 6.03 Å². The van der Waals surface area contributed by atoms with Crippen LogP contribution in [0.25, 0.3) is 0 Å². The first-order valence-electron chi connectivity index (χ1n) is 6.95. The summed E-state index contributed by atoms with van der Waals surface area (Å²) >= 11 is 0. The number of nitrogens with zero attached hydrogens (tertiary/aromatic N) is 1. The van der Waals surface area contributed by atoms with Crippen molar-refractivity contribution in [3.8, 4) is 0 Å². The third-order valence-corrected chi connectivity index (χ3v) is 3.97. The van der Waals surface area contributed by atoms with Crippen molar-refractivity contribution in [3.05, 3.63) is 35.1 Å². The van der Waals surface area contributed by atoms with Gasteiger partial charge in [0, 0.05) is 7.05 Å². The maximum Gasteiger partial charge on any atom is 0.317 e. The highest BCUT2D eigenvalue weighted by molar-refractivity contribution is 5.74. The van der Waals surface area contributed by atoms with Gasteiger partial charge in [-0.2, -0.15) is 0 Å². The minimum atomic E-state index is -0.276. The van der Waals surface area contributed by atoms with Crippen LogP contribution in [0.1, 0.15) is 36.9 Å². The smallest absolute Gasteiger partial charge is 0.317 e. The van der Waals surface area contributed by atoms with Gasteiger partial charge in [-0.1, -0.05) is 6.07 Å². The molecule has 20 heavy (non-hydrogen) atoms. The first-order valence-corrected chi connectivity index (χ1v) is 6.95. The largest absolute Gasteiger partial charge is 0.394 e. The lowest BCUT2D eigenvalue weighted by atomic mass is 9.87. The minimum Gasteiger partial charge on any atom is -0.394 e. The van der Waals surface area contributed by atoms with Gasteiger partial charge in [-0.25, -0.2) is 9.18 Å². The number of fused-ring (bicyclic) bond motifs is 1. The fraction of sp³-hybridized carbons (Fsp3) is 0.533. The van der Waals surface area contributed by atoms with Gasteiger partial charge in [-0.15, -0.1) is 0 Å². The summed E-state index contributed by atoms with van der Waals surface area (Å²) in [4.78, 5) is 13.6. The Kier molecular flexibility index (Phi) is 4.60. The molecule has 0 spiro atoms. The lowest BCUT2D eigenvalue weighted by molar-refractivity contribution is 0.154. The van der Waals surface area contributed by atoms with Crippen molar-refractivity contribution in [1.82, 2.24) is 10.2 Å². The number of aryl methyl sites for hydroxylation is 1. The topological polar surface area (TPSA) is 52.6 Å². The van der Waals surface area contributed by atoms with Gasteiger partial charge in [0.05, 0.1) is 18.7 Å². The molecule has 0 fully saturated rings. The van der Waals surface area contributed by atoms with Crippen LogP contribution in [0.5, 0.6) is 0 Å². The maximum atomic E-state index is 13.4. The molecule has 2 N–H and O–H groups in total. The predicted octanol–water partition coefficient (Wildman–Crippen LogP) is 2.23. The molecule has 0 saturated heterocycles. The highest BCUT2D eigenvalue weighted by Gasteiger charge is 2.24. The van der Waals surface area contributed by atoms with Gasteiger partial charge in [0.25, 0.3) is 0 Å². The summed E-state index contributed by atoms with van der Waals surface area (Å²) < 4.78 is 13.4. The Bertz CT molecular complexity index is 493. The molecule has 110 valence electrons. The molecular formula is C15H21FN2O2. The molecule has 4 nitrogen and oxygen atoms in total. The summed E-state index contributed by atoms with van der Waals surface area (Å²) in [6, 6.07) is 4.12. The Labute approximate surface area is 118 Å². The molecule has 1 aromatic rings. The number of halogens is 1. The molecular weight excluding hydrogens is 259 g/mol. The normalized spacial score (nSPS) is 19.1. The predicted molar refractivity (Wildman–Crippen MR) is 74.9 cm³/mol. The van der Waals surface area contributed by atoms with Crippen LogP contribution in [0.3, 0.4) is 0 Å². The number of carbonyl (C=O) groups is 1. The third kappa shape index (κ3) is 3.10. The number of likely N-dealkylation sites (N-methyl/N-ethyl adjacent to an activating group) is 1. The molecule has 0 saturated carbocycles. The molecule has 0 bridgehead atoms. The molecule has 2 atom stereocenters. The second kappa shape index (κ2) is 6.22. The lowest BCUT2D eigenvalue weighted by Gasteiger charge is -2.30. The fourth-order valence-electron chi connectivity index (χ4n) is 2.49. The van der Waals surface area contributed by atoms with Crippen LogP contribution in [0, 0.1) is 5.82 Å². The number of rotatable bonds is 3. The Morgan fingerprint density at radius 3 is 3.05 bits per heavy atom. The van der Waals surface area contributed by atoms with Gasteiger partial charge in [0.1, 0.15) is 5.82 Å². The van der Waals surface area contributed by atoms with E-state index >= 15 is 0 Å². The highest BCUT2D eigenvalue weighted by atomic mass is 19.1. The van der Waals surface area contributed by atoms with Crippen molar-refractivity contribution < 1.29 is 14.3 Å². The zero-order valence-corrected chi connectivity index (χ0v) is 11.9. The molecule has 0 aromatic heterocycles. The van der Waals surface area contributed by atoms with E-state index in [-0.39, 0.29) is 30.5 Å². The number of hydrogen-bond donors (Lipinski definition) is 2. The maximum absolute atomic E-state index is 13.4. The van der Waals surface area contributed by atoms with Gasteiger partial charge in [-0.05, 0) is 49.4 Å². The fourth-order valence-corrected chi connectivity index (χ4v) is 2.49. The van der Waals surface area contributed by atoms with Crippen LogP contribution in [-0.2, 0) is 6.42 Å². The van der Waals surface area contributed by atoms with Crippen LogP contribution in [0.2, 0.25) is 0 Å². The summed E-state index contributed by atoms with van der Waals surface area (Å²) in [7, 11) is 1.64. The number of nitrogens with one attached hydrogen (secondary N) is 1. The molecule has 0 heterocycles. The van der Waals surface area contributed by atoms with Gasteiger partial charge < -0.3 is 15.3 Å². The SMILES string of the molecule is CC(CO)N(C)C(=O)NC1CCCc2ccc(F)cc21. The van der Waals surface area contributed by atoms with E-state index in [0.29, 0.717) is 0 Å². The van der Waals surface area contributed by atoms with Crippen LogP contribution in [-0.4, -0.2) is 35.7 Å². The standard InChI is InChI=1S/C15H21FN2O2/c1-10(9-19)18(2)15(20)17-14-5-3-4-11-6-7-12(16)8-13(11)14/h6-8,10,14,19H,3-5,9H2,1-2H3,(H,17,20). The van der Waals surface area contributed by atoms with Crippen LogP contribution < -0.4 is 5.32 Å². The molecule has 0 aliphatic heterocycles. The zero-order valence-electron chi connectivity index (χ0n) is 11.9. The summed E-state index contributed by atoms with van der Waals surface area (Å²) in [5.74, 6) is -0.276. The van der Waals surface area contributed by atoms with E-state index in [1.807, 2.05) is 0 Å². The number of aliphatic hydroxyl groups excluding tert-OH is 1. The summed E-state index contributed by atoms with van der Waals surface area (Å²) in [5, 5.41) is 12.0. The van der Waals surface area contributed by atoms with E-state index in [1.165, 1.54) is 17.0 Å². The van der Waals surface area contributed by atoms with Crippen LogP contribution in [0.4, 0.5) is 9.18 Å². The van der Waals surface area contributed by atoms with Crippen molar-refractivity contribution in [2.45, 2.75) is 38.3 Å². The van der Waals surface area contributed by atoms with E-state index in [9.17, 15) is 9.18 Å². The van der Waals surface area contributed by atoms with Crippen LogP contribution >= 0.6 is 0 Å². The van der Waals surface area contributed by atoms with E-state index in [2.05, 4.69) is 5.32 Å². The number of carbonyl (C=O) groups excluding carboxylic acids is 1. The third-order valence-electron chi connectivity index (χ3n) is 3.97. The van der Waals surface area contributed by atoms with Gasteiger partial charge in [0.15, 0.2) is 0 Å². The van der Waals surface area contributed by atoms with Gasteiger partial charge in [-0.3, -0.25) is 0 Å². The van der Waals surface area contributed by atoms with Gasteiger partial charge in [0.2, 0.25) is 0 Å². The summed E-state index contributed by atoms with van der Waals surface area (Å²) in [6.07, 6.45) is 2.71. The minimum absolute atomic E-state index is 0.0835. The molecule has 1 aliphatic carbocycles. The van der Waals surface area contributed by atoms with E-state index in [4.69, 9.17) is 5.11 Å². The Balaban J connectivity index is 2.12. The van der Waals surface area contributed by atoms with Crippen molar-refractivity contribution in [2.24, 2.45) is 0 Å². The Hall–Kier alpha value is -1.62. The van der Waals surface area contributed by atoms with Crippen molar-refractivity contribution in [3.63, 3.8) is 0 Å². The number of urea groups is 1. The lowest BCUT2D eigenvalue weighted by Crippen LogP contribution is -2.45. The number of amides is 2. The summed E-state index contributed by atoms with van der Waals surface area (Å²) in [6.45, 7) is 1.69. The molecule has 5 heteroatoms. The van der Waals surface area contributed by atoms with Crippen LogP contribution in [0.15, 0.2) is 18.2 Å². The van der Waals surface area contributed by atoms with E-state index < -0.39 is 0 Å². The van der Waals surface area contributed by atoms with E-state index in [1.54, 1.807) is 20.0 Å². The zero-order chi connectivity index (χ0) is 14.7. The molecule has 1 aliphatic rings. The first kappa shape index (κ1) is 14.8. The number of aliphatic hydroxyl groups is 1. The highest BCUT2D eigenvalue weighted by Crippen LogP contribution is 2.30. The summed E-state index contributed by atoms with van der Waals surface area (Å²) in [5.41, 5.74) is 1.97.